The van der Waals surface area contributed by atoms with Gasteiger partial charge >= 0.3 is 6.18 Å². The van der Waals surface area contributed by atoms with Gasteiger partial charge in [0, 0.05) is 57.0 Å². The molecular weight excluding hydrogens is 355 g/mol. The second-order valence-electron chi connectivity index (χ2n) is 8.37. The van der Waals surface area contributed by atoms with Crippen LogP contribution in [0.1, 0.15) is 31.9 Å². The lowest BCUT2D eigenvalue weighted by atomic mass is 10.0. The van der Waals surface area contributed by atoms with Gasteiger partial charge in [0.2, 0.25) is 0 Å². The van der Waals surface area contributed by atoms with Crippen LogP contribution >= 0.6 is 0 Å². The molecule has 1 aromatic carbocycles. The molecule has 2 fully saturated rings. The summed E-state index contributed by atoms with van der Waals surface area (Å²) in [5.41, 5.74) is 0.587. The van der Waals surface area contributed by atoms with E-state index in [0.29, 0.717) is 44.1 Å². The fourth-order valence-electron chi connectivity index (χ4n) is 3.80. The Bertz CT molecular complexity index is 628. The molecule has 2 aliphatic rings. The van der Waals surface area contributed by atoms with Crippen LogP contribution in [0.2, 0.25) is 0 Å². The number of rotatable bonds is 3. The maximum absolute atomic E-state index is 13.7. The quantitative estimate of drug-likeness (QED) is 0.793. The van der Waals surface area contributed by atoms with Crippen molar-refractivity contribution in [2.75, 3.05) is 57.4 Å². The zero-order valence-corrected chi connectivity index (χ0v) is 16.5. The number of ether oxygens (including phenoxy) is 1. The van der Waals surface area contributed by atoms with E-state index in [0.717, 1.165) is 26.2 Å². The minimum atomic E-state index is -4.34. The molecule has 0 radical (unpaired) electrons. The van der Waals surface area contributed by atoms with Gasteiger partial charge in [-0.05, 0) is 38.5 Å². The molecule has 2 aliphatic heterocycles. The van der Waals surface area contributed by atoms with E-state index < -0.39 is 11.7 Å². The summed E-state index contributed by atoms with van der Waals surface area (Å²) in [6, 6.07) is 4.79. The lowest BCUT2D eigenvalue weighted by Gasteiger charge is -2.42. The maximum atomic E-state index is 13.7. The van der Waals surface area contributed by atoms with Crippen molar-refractivity contribution in [1.29, 1.82) is 0 Å². The van der Waals surface area contributed by atoms with Crippen molar-refractivity contribution in [2.45, 2.75) is 39.0 Å². The van der Waals surface area contributed by atoms with Crippen molar-refractivity contribution in [3.05, 3.63) is 29.3 Å². The average Bonchev–Trinajstić information content (AvgIpc) is 2.61. The summed E-state index contributed by atoms with van der Waals surface area (Å²) in [5.74, 6) is 0. The number of anilines is 1. The standard InChI is InChI=1S/C20H30F3N3O/c1-19(2,3)26-8-6-24(7-9-26)15-16-4-5-17(14-18(16)20(21,22)23)25-10-12-27-13-11-25/h4-5,14H,6-13,15H2,1-3H3. The molecular formula is C20H30F3N3O. The second-order valence-corrected chi connectivity index (χ2v) is 8.37. The van der Waals surface area contributed by atoms with Gasteiger partial charge in [0.25, 0.3) is 0 Å². The predicted molar refractivity (Wildman–Crippen MR) is 101 cm³/mol. The molecule has 0 N–H and O–H groups in total. The molecule has 0 unspecified atom stereocenters. The van der Waals surface area contributed by atoms with Crippen LogP contribution in [-0.4, -0.2) is 67.8 Å². The van der Waals surface area contributed by atoms with Crippen LogP contribution in [0.25, 0.3) is 0 Å². The fraction of sp³-hybridized carbons (Fsp3) is 0.700. The molecule has 0 aromatic heterocycles. The highest BCUT2D eigenvalue weighted by Gasteiger charge is 2.35. The third kappa shape index (κ3) is 5.15. The van der Waals surface area contributed by atoms with Crippen LogP contribution in [-0.2, 0) is 17.5 Å². The van der Waals surface area contributed by atoms with Gasteiger partial charge in [-0.15, -0.1) is 0 Å². The van der Waals surface area contributed by atoms with Crippen LogP contribution < -0.4 is 4.90 Å². The van der Waals surface area contributed by atoms with Crippen molar-refractivity contribution in [1.82, 2.24) is 9.80 Å². The Labute approximate surface area is 159 Å². The second kappa shape index (κ2) is 7.97. The summed E-state index contributed by atoms with van der Waals surface area (Å²) >= 11 is 0. The van der Waals surface area contributed by atoms with Crippen molar-refractivity contribution in [2.24, 2.45) is 0 Å². The van der Waals surface area contributed by atoms with E-state index in [1.807, 2.05) is 11.0 Å². The number of halogens is 3. The summed E-state index contributed by atoms with van der Waals surface area (Å²) in [6.45, 7) is 12.6. The molecule has 3 rings (SSSR count). The van der Waals surface area contributed by atoms with Gasteiger partial charge in [-0.2, -0.15) is 13.2 Å². The number of nitrogens with zero attached hydrogens (tertiary/aromatic N) is 3. The lowest BCUT2D eigenvalue weighted by molar-refractivity contribution is -0.138. The zero-order chi connectivity index (χ0) is 19.7. The maximum Gasteiger partial charge on any atom is 0.416 e. The SMILES string of the molecule is CC(C)(C)N1CCN(Cc2ccc(N3CCOCC3)cc2C(F)(F)F)CC1. The Morgan fingerprint density at radius 2 is 1.56 bits per heavy atom. The van der Waals surface area contributed by atoms with E-state index in [9.17, 15) is 13.2 Å². The lowest BCUT2D eigenvalue weighted by Crippen LogP contribution is -2.53. The Morgan fingerprint density at radius 3 is 2.11 bits per heavy atom. The average molecular weight is 385 g/mol. The summed E-state index contributed by atoms with van der Waals surface area (Å²) in [4.78, 5) is 6.47. The number of benzene rings is 1. The highest BCUT2D eigenvalue weighted by atomic mass is 19.4. The number of hydrogen-bond acceptors (Lipinski definition) is 4. The molecule has 0 amide bonds. The van der Waals surface area contributed by atoms with E-state index in [1.165, 1.54) is 6.07 Å². The van der Waals surface area contributed by atoms with Gasteiger partial charge < -0.3 is 9.64 Å². The highest BCUT2D eigenvalue weighted by molar-refractivity contribution is 5.52. The predicted octanol–water partition coefficient (Wildman–Crippen LogP) is 3.46. The van der Waals surface area contributed by atoms with Crippen molar-refractivity contribution in [3.8, 4) is 0 Å². The Kier molecular flexibility index (Phi) is 6.03. The summed E-state index contributed by atoms with van der Waals surface area (Å²) in [5, 5.41) is 0. The molecule has 4 nitrogen and oxygen atoms in total. The molecule has 0 atom stereocenters. The van der Waals surface area contributed by atoms with E-state index in [1.54, 1.807) is 6.07 Å². The summed E-state index contributed by atoms with van der Waals surface area (Å²) in [7, 11) is 0. The van der Waals surface area contributed by atoms with Crippen LogP contribution in [0.15, 0.2) is 18.2 Å². The molecule has 0 bridgehead atoms. The van der Waals surface area contributed by atoms with Crippen LogP contribution in [0.3, 0.4) is 0 Å². The van der Waals surface area contributed by atoms with Gasteiger partial charge in [-0.25, -0.2) is 0 Å². The number of morpholine rings is 1. The van der Waals surface area contributed by atoms with Gasteiger partial charge in [0.15, 0.2) is 0 Å². The number of alkyl halides is 3. The molecule has 0 aliphatic carbocycles. The molecule has 2 heterocycles. The third-order valence-corrected chi connectivity index (χ3v) is 5.49. The number of hydrogen-bond donors (Lipinski definition) is 0. The Morgan fingerprint density at radius 1 is 0.926 bits per heavy atom. The first-order chi connectivity index (χ1) is 12.6. The summed E-state index contributed by atoms with van der Waals surface area (Å²) < 4.78 is 46.4. The topological polar surface area (TPSA) is 19.0 Å². The minimum absolute atomic E-state index is 0.100. The monoisotopic (exact) mass is 385 g/mol. The number of piperazine rings is 1. The molecule has 1 aromatic rings. The largest absolute Gasteiger partial charge is 0.416 e. The molecule has 7 heteroatoms. The van der Waals surface area contributed by atoms with E-state index in [4.69, 9.17) is 4.74 Å². The molecule has 2 saturated heterocycles. The minimum Gasteiger partial charge on any atom is -0.378 e. The Hall–Kier alpha value is -1.31. The van der Waals surface area contributed by atoms with Gasteiger partial charge in [-0.1, -0.05) is 6.07 Å². The van der Waals surface area contributed by atoms with Crippen LogP contribution in [0.4, 0.5) is 18.9 Å². The highest BCUT2D eigenvalue weighted by Crippen LogP contribution is 2.35. The fourth-order valence-corrected chi connectivity index (χ4v) is 3.80. The first-order valence-corrected chi connectivity index (χ1v) is 9.65. The normalized spacial score (nSPS) is 20.9. The Balaban J connectivity index is 1.73. The molecule has 27 heavy (non-hydrogen) atoms. The van der Waals surface area contributed by atoms with E-state index in [2.05, 4.69) is 30.6 Å². The first kappa shape index (κ1) is 20.4. The van der Waals surface area contributed by atoms with E-state index >= 15 is 0 Å². The first-order valence-electron chi connectivity index (χ1n) is 9.65. The molecule has 0 spiro atoms. The molecule has 152 valence electrons. The molecule has 0 saturated carbocycles. The summed E-state index contributed by atoms with van der Waals surface area (Å²) in [6.07, 6.45) is -4.34. The van der Waals surface area contributed by atoms with Crippen LogP contribution in [0.5, 0.6) is 0 Å². The van der Waals surface area contributed by atoms with Gasteiger partial charge in [0.05, 0.1) is 18.8 Å². The zero-order valence-electron chi connectivity index (χ0n) is 16.5. The smallest absolute Gasteiger partial charge is 0.378 e. The van der Waals surface area contributed by atoms with E-state index in [-0.39, 0.29) is 5.54 Å². The van der Waals surface area contributed by atoms with Gasteiger partial charge in [0.1, 0.15) is 0 Å². The van der Waals surface area contributed by atoms with Crippen molar-refractivity contribution in [3.63, 3.8) is 0 Å². The van der Waals surface area contributed by atoms with Crippen molar-refractivity contribution >= 4 is 5.69 Å². The van der Waals surface area contributed by atoms with Crippen LogP contribution in [0, 0.1) is 0 Å². The third-order valence-electron chi connectivity index (χ3n) is 5.49. The van der Waals surface area contributed by atoms with Crippen molar-refractivity contribution < 1.29 is 17.9 Å². The van der Waals surface area contributed by atoms with Gasteiger partial charge in [-0.3, -0.25) is 9.80 Å².